The number of hydrogen-bond donors (Lipinski definition) is 2. The molecule has 1 aliphatic heterocycles. The molecule has 4 nitrogen and oxygen atoms in total. The number of pyridine rings is 1. The Morgan fingerprint density at radius 1 is 1.32 bits per heavy atom. The fourth-order valence-electron chi connectivity index (χ4n) is 4.07. The highest BCUT2D eigenvalue weighted by molar-refractivity contribution is 5.60. The predicted octanol–water partition coefficient (Wildman–Crippen LogP) is 5.33. The van der Waals surface area contributed by atoms with Crippen molar-refractivity contribution in [2.75, 3.05) is 11.1 Å². The molecule has 0 bridgehead atoms. The molecule has 1 aliphatic carbocycles. The van der Waals surface area contributed by atoms with Gasteiger partial charge in [0.05, 0.1) is 6.04 Å². The molecule has 0 saturated carbocycles. The number of aromatic nitrogens is 1. The van der Waals surface area contributed by atoms with Gasteiger partial charge in [0.25, 0.3) is 0 Å². The van der Waals surface area contributed by atoms with E-state index in [9.17, 15) is 0 Å². The number of hydrogen-bond acceptors (Lipinski definition) is 4. The monoisotopic (exact) mass is 370 g/mol. The number of anilines is 2. The summed E-state index contributed by atoms with van der Waals surface area (Å²) >= 11 is 0. The van der Waals surface area contributed by atoms with Crippen LogP contribution in [-0.2, 0) is 6.42 Å². The molecule has 142 valence electrons. The first kappa shape index (κ1) is 18.1. The van der Waals surface area contributed by atoms with Crippen molar-refractivity contribution in [1.82, 2.24) is 9.88 Å². The first-order valence-corrected chi connectivity index (χ1v) is 9.80. The van der Waals surface area contributed by atoms with Crippen molar-refractivity contribution in [2.45, 2.75) is 32.2 Å². The Morgan fingerprint density at radius 3 is 2.93 bits per heavy atom. The highest BCUT2D eigenvalue weighted by Gasteiger charge is 2.31. The molecule has 0 radical (unpaired) electrons. The fraction of sp³-hybridized carbons (Fsp3) is 0.208. The zero-order valence-corrected chi connectivity index (χ0v) is 16.2. The third-order valence-corrected chi connectivity index (χ3v) is 5.40. The number of nitrogens with one attached hydrogen (secondary N) is 1. The van der Waals surface area contributed by atoms with E-state index in [0.717, 1.165) is 47.6 Å². The average molecular weight is 371 g/mol. The molecule has 2 aromatic rings. The van der Waals surface area contributed by atoms with Crippen LogP contribution >= 0.6 is 0 Å². The van der Waals surface area contributed by atoms with Gasteiger partial charge in [0, 0.05) is 46.9 Å². The molecule has 0 fully saturated rings. The number of allylic oxidation sites excluding steroid dienone is 3. The molecule has 4 heteroatoms. The Hall–Kier alpha value is -3.27. The van der Waals surface area contributed by atoms with Crippen LogP contribution in [0.4, 0.5) is 11.4 Å². The average Bonchev–Trinajstić information content (AvgIpc) is 3.14. The highest BCUT2D eigenvalue weighted by Crippen LogP contribution is 2.42. The van der Waals surface area contributed by atoms with Gasteiger partial charge in [-0.1, -0.05) is 31.7 Å². The molecule has 1 aromatic carbocycles. The fourth-order valence-corrected chi connectivity index (χ4v) is 4.07. The number of rotatable bonds is 5. The lowest BCUT2D eigenvalue weighted by Gasteiger charge is -2.34. The van der Waals surface area contributed by atoms with Gasteiger partial charge in [0.1, 0.15) is 0 Å². The van der Waals surface area contributed by atoms with Crippen LogP contribution in [0.15, 0.2) is 90.7 Å². The second-order valence-electron chi connectivity index (χ2n) is 7.13. The number of nitrogens with zero attached hydrogens (tertiary/aromatic N) is 2. The summed E-state index contributed by atoms with van der Waals surface area (Å²) in [5, 5.41) is 3.53. The van der Waals surface area contributed by atoms with Crippen LogP contribution in [0.25, 0.3) is 0 Å². The van der Waals surface area contributed by atoms with E-state index >= 15 is 0 Å². The van der Waals surface area contributed by atoms with Crippen molar-refractivity contribution < 1.29 is 0 Å². The molecule has 0 amide bonds. The van der Waals surface area contributed by atoms with Crippen molar-refractivity contribution in [2.24, 2.45) is 0 Å². The minimum Gasteiger partial charge on any atom is -0.398 e. The molecule has 28 heavy (non-hydrogen) atoms. The summed E-state index contributed by atoms with van der Waals surface area (Å²) in [5.74, 6) is 0. The molecular formula is C24H26N4. The maximum Gasteiger partial charge on any atom is 0.0592 e. The third kappa shape index (κ3) is 3.33. The van der Waals surface area contributed by atoms with Gasteiger partial charge in [-0.05, 0) is 60.7 Å². The Kier molecular flexibility index (Phi) is 5.02. The Morgan fingerprint density at radius 2 is 2.14 bits per heavy atom. The summed E-state index contributed by atoms with van der Waals surface area (Å²) in [5.41, 5.74) is 13.9. The van der Waals surface area contributed by atoms with E-state index in [4.69, 9.17) is 5.73 Å². The quantitative estimate of drug-likeness (QED) is 0.699. The van der Waals surface area contributed by atoms with Crippen molar-refractivity contribution >= 4 is 11.4 Å². The summed E-state index contributed by atoms with van der Waals surface area (Å²) in [6, 6.07) is 10.5. The number of nitrogens with two attached hydrogens (primary N) is 1. The molecule has 4 rings (SSSR count). The van der Waals surface area contributed by atoms with Crippen LogP contribution < -0.4 is 11.1 Å². The van der Waals surface area contributed by atoms with E-state index in [1.165, 1.54) is 11.1 Å². The van der Waals surface area contributed by atoms with E-state index in [1.54, 1.807) is 12.4 Å². The summed E-state index contributed by atoms with van der Waals surface area (Å²) in [6.45, 7) is 6.59. The molecule has 1 aromatic heterocycles. The van der Waals surface area contributed by atoms with Crippen LogP contribution in [0.5, 0.6) is 0 Å². The van der Waals surface area contributed by atoms with Gasteiger partial charge in [-0.2, -0.15) is 0 Å². The predicted molar refractivity (Wildman–Crippen MR) is 116 cm³/mol. The second kappa shape index (κ2) is 7.77. The lowest BCUT2D eigenvalue weighted by atomic mass is 10.00. The molecule has 0 spiro atoms. The van der Waals surface area contributed by atoms with E-state index in [-0.39, 0.29) is 6.04 Å². The van der Waals surface area contributed by atoms with Crippen LogP contribution in [0.2, 0.25) is 0 Å². The zero-order chi connectivity index (χ0) is 19.5. The Bertz CT molecular complexity index is 969. The van der Waals surface area contributed by atoms with Crippen LogP contribution in [0.3, 0.4) is 0 Å². The maximum absolute atomic E-state index is 6.20. The van der Waals surface area contributed by atoms with Gasteiger partial charge in [0.15, 0.2) is 0 Å². The van der Waals surface area contributed by atoms with Crippen LogP contribution in [0.1, 0.15) is 36.9 Å². The molecule has 1 atom stereocenters. The van der Waals surface area contributed by atoms with Crippen molar-refractivity contribution in [3.8, 4) is 0 Å². The van der Waals surface area contributed by atoms with Gasteiger partial charge < -0.3 is 16.0 Å². The van der Waals surface area contributed by atoms with E-state index < -0.39 is 0 Å². The van der Waals surface area contributed by atoms with Gasteiger partial charge in [-0.25, -0.2) is 0 Å². The minimum atomic E-state index is 0.273. The minimum absolute atomic E-state index is 0.273. The van der Waals surface area contributed by atoms with Gasteiger partial charge in [0.2, 0.25) is 0 Å². The Balaban J connectivity index is 1.62. The largest absolute Gasteiger partial charge is 0.398 e. The first-order valence-electron chi connectivity index (χ1n) is 9.80. The van der Waals surface area contributed by atoms with Gasteiger partial charge >= 0.3 is 0 Å². The summed E-state index contributed by atoms with van der Waals surface area (Å²) in [4.78, 5) is 6.39. The van der Waals surface area contributed by atoms with Gasteiger partial charge in [-0.3, -0.25) is 4.98 Å². The van der Waals surface area contributed by atoms with Crippen molar-refractivity contribution in [3.63, 3.8) is 0 Å². The van der Waals surface area contributed by atoms with Crippen molar-refractivity contribution in [1.29, 1.82) is 0 Å². The Labute approximate surface area is 166 Å². The molecule has 2 aliphatic rings. The number of nitrogen functional groups attached to an aromatic ring is 1. The number of fused-ring (bicyclic) bond motifs is 1. The third-order valence-electron chi connectivity index (χ3n) is 5.40. The second-order valence-corrected chi connectivity index (χ2v) is 7.13. The van der Waals surface area contributed by atoms with E-state index in [2.05, 4.69) is 59.2 Å². The zero-order valence-electron chi connectivity index (χ0n) is 16.2. The SMILES string of the molecule is C=C1C(/C(=C\CC)Nc2ccncc2)=CC=CN1C1CCc2c(N)cccc21. The van der Waals surface area contributed by atoms with E-state index in [0.29, 0.717) is 0 Å². The molecule has 3 N–H and O–H groups in total. The lowest BCUT2D eigenvalue weighted by molar-refractivity contribution is 0.349. The van der Waals surface area contributed by atoms with Crippen molar-refractivity contribution in [3.05, 3.63) is 102 Å². The van der Waals surface area contributed by atoms with Crippen LogP contribution in [-0.4, -0.2) is 9.88 Å². The lowest BCUT2D eigenvalue weighted by Crippen LogP contribution is -2.25. The first-order chi connectivity index (χ1) is 13.7. The van der Waals surface area contributed by atoms with Gasteiger partial charge in [-0.15, -0.1) is 0 Å². The normalized spacial score (nSPS) is 18.8. The van der Waals surface area contributed by atoms with Crippen LogP contribution in [0, 0.1) is 0 Å². The molecule has 2 heterocycles. The summed E-state index contributed by atoms with van der Waals surface area (Å²) in [6.07, 6.45) is 15.1. The molecular weight excluding hydrogens is 344 g/mol. The molecule has 1 unspecified atom stereocenters. The maximum atomic E-state index is 6.20. The number of benzene rings is 1. The highest BCUT2D eigenvalue weighted by atomic mass is 15.2. The topological polar surface area (TPSA) is 54.2 Å². The van der Waals surface area contributed by atoms with E-state index in [1.807, 2.05) is 24.3 Å². The summed E-state index contributed by atoms with van der Waals surface area (Å²) < 4.78 is 0. The summed E-state index contributed by atoms with van der Waals surface area (Å²) in [7, 11) is 0. The smallest absolute Gasteiger partial charge is 0.0592 e. The molecule has 0 saturated heterocycles. The standard InChI is InChI=1S/C24H26N4/c1-3-6-23(27-18-12-14-26-15-13-18)19-8-5-16-28(17(19)2)24-11-10-20-21(24)7-4-9-22(20)25/h4-9,12-16,24H,2-3,10-11,25H2,1H3,(H,26,27)/b23-6+.